The molecule has 2 nitrogen and oxygen atoms in total. The van der Waals surface area contributed by atoms with E-state index in [-0.39, 0.29) is 0 Å². The third kappa shape index (κ3) is 5.01. The molecular weight excluding hydrogens is 303 g/mol. The Morgan fingerprint density at radius 1 is 0.810 bits per heavy atom. The summed E-state index contributed by atoms with van der Waals surface area (Å²) in [6.07, 6.45) is 0. The Morgan fingerprint density at radius 3 is 2.10 bits per heavy atom. The Kier molecular flexibility index (Phi) is 6.52. The summed E-state index contributed by atoms with van der Waals surface area (Å²) in [6.45, 7) is 5.48. The van der Waals surface area contributed by atoms with Gasteiger partial charge in [0.15, 0.2) is 0 Å². The monoisotopic (exact) mass is 322 g/mol. The summed E-state index contributed by atoms with van der Waals surface area (Å²) in [5.41, 5.74) is 3.62. The van der Waals surface area contributed by atoms with Crippen LogP contribution < -0.4 is 10.6 Å². The molecular formula is C17H20Cl2N2. The van der Waals surface area contributed by atoms with Crippen LogP contribution in [0.2, 0.25) is 10.0 Å². The standard InChI is InChI=1S/C17H20Cl2N2/c1-13-5-2-3-6-14(13)11-20-9-10-21-12-15-16(18)7-4-8-17(15)19/h2-8,20-21H,9-12H2,1H3. The van der Waals surface area contributed by atoms with Crippen molar-refractivity contribution in [2.75, 3.05) is 13.1 Å². The molecule has 0 radical (unpaired) electrons. The van der Waals surface area contributed by atoms with Gasteiger partial charge in [-0.3, -0.25) is 0 Å². The lowest BCUT2D eigenvalue weighted by Gasteiger charge is -2.10. The van der Waals surface area contributed by atoms with Gasteiger partial charge in [-0.15, -0.1) is 0 Å². The normalized spacial score (nSPS) is 10.8. The van der Waals surface area contributed by atoms with Crippen LogP contribution in [0.1, 0.15) is 16.7 Å². The van der Waals surface area contributed by atoms with Crippen LogP contribution in [0.4, 0.5) is 0 Å². The SMILES string of the molecule is Cc1ccccc1CNCCNCc1c(Cl)cccc1Cl. The third-order valence-corrected chi connectivity index (χ3v) is 4.13. The van der Waals surface area contributed by atoms with Gasteiger partial charge in [-0.25, -0.2) is 0 Å². The second kappa shape index (κ2) is 8.40. The highest BCUT2D eigenvalue weighted by Gasteiger charge is 2.04. The molecule has 0 amide bonds. The summed E-state index contributed by atoms with van der Waals surface area (Å²) < 4.78 is 0. The summed E-state index contributed by atoms with van der Waals surface area (Å²) in [5, 5.41) is 8.20. The van der Waals surface area contributed by atoms with Gasteiger partial charge in [-0.1, -0.05) is 53.5 Å². The van der Waals surface area contributed by atoms with Gasteiger partial charge in [0.1, 0.15) is 0 Å². The summed E-state index contributed by atoms with van der Waals surface area (Å²) in [5.74, 6) is 0. The maximum Gasteiger partial charge on any atom is 0.0465 e. The van der Waals surface area contributed by atoms with Crippen LogP contribution in [0.15, 0.2) is 42.5 Å². The molecule has 0 bridgehead atoms. The topological polar surface area (TPSA) is 24.1 Å². The second-order valence-electron chi connectivity index (χ2n) is 4.98. The van der Waals surface area contributed by atoms with Crippen molar-refractivity contribution < 1.29 is 0 Å². The van der Waals surface area contributed by atoms with Gasteiger partial charge < -0.3 is 10.6 Å². The lowest BCUT2D eigenvalue weighted by Crippen LogP contribution is -2.27. The Hall–Kier alpha value is -1.06. The van der Waals surface area contributed by atoms with Crippen molar-refractivity contribution in [2.45, 2.75) is 20.0 Å². The van der Waals surface area contributed by atoms with Crippen LogP contribution in [0.3, 0.4) is 0 Å². The van der Waals surface area contributed by atoms with Crippen LogP contribution in [0, 0.1) is 6.92 Å². The summed E-state index contributed by atoms with van der Waals surface area (Å²) in [6, 6.07) is 14.0. The first-order valence-corrected chi connectivity index (χ1v) is 7.83. The highest BCUT2D eigenvalue weighted by atomic mass is 35.5. The fourth-order valence-electron chi connectivity index (χ4n) is 2.12. The third-order valence-electron chi connectivity index (χ3n) is 3.42. The van der Waals surface area contributed by atoms with Gasteiger partial charge in [0, 0.05) is 41.8 Å². The number of benzene rings is 2. The number of rotatable bonds is 7. The van der Waals surface area contributed by atoms with E-state index in [2.05, 4.69) is 41.8 Å². The fraction of sp³-hybridized carbons (Fsp3) is 0.294. The van der Waals surface area contributed by atoms with Crippen molar-refractivity contribution >= 4 is 23.2 Å². The number of nitrogens with one attached hydrogen (secondary N) is 2. The zero-order chi connectivity index (χ0) is 15.1. The molecule has 0 heterocycles. The van der Waals surface area contributed by atoms with E-state index in [9.17, 15) is 0 Å². The molecule has 2 N–H and O–H groups in total. The first-order valence-electron chi connectivity index (χ1n) is 7.07. The molecule has 0 saturated carbocycles. The Balaban J connectivity index is 1.68. The minimum atomic E-state index is 0.685. The van der Waals surface area contributed by atoms with Crippen LogP contribution in [0.25, 0.3) is 0 Å². The number of halogens is 2. The molecule has 21 heavy (non-hydrogen) atoms. The molecule has 2 rings (SSSR count). The first-order chi connectivity index (χ1) is 10.2. The van der Waals surface area contributed by atoms with E-state index in [4.69, 9.17) is 23.2 Å². The molecule has 112 valence electrons. The molecule has 0 saturated heterocycles. The van der Waals surface area contributed by atoms with E-state index in [0.29, 0.717) is 16.6 Å². The molecule has 2 aromatic rings. The average Bonchev–Trinajstić information content (AvgIpc) is 2.47. The second-order valence-corrected chi connectivity index (χ2v) is 5.79. The minimum Gasteiger partial charge on any atom is -0.311 e. The number of hydrogen-bond donors (Lipinski definition) is 2. The maximum absolute atomic E-state index is 6.13. The van der Waals surface area contributed by atoms with Crippen molar-refractivity contribution in [1.29, 1.82) is 0 Å². The van der Waals surface area contributed by atoms with Crippen LogP contribution in [-0.4, -0.2) is 13.1 Å². The predicted molar refractivity (Wildman–Crippen MR) is 91.1 cm³/mol. The van der Waals surface area contributed by atoms with Crippen molar-refractivity contribution in [2.24, 2.45) is 0 Å². The lowest BCUT2D eigenvalue weighted by atomic mass is 10.1. The zero-order valence-corrected chi connectivity index (χ0v) is 13.6. The molecule has 2 aromatic carbocycles. The summed E-state index contributed by atoms with van der Waals surface area (Å²) >= 11 is 12.3. The molecule has 0 spiro atoms. The number of aryl methyl sites for hydroxylation is 1. The lowest BCUT2D eigenvalue weighted by molar-refractivity contribution is 0.610. The van der Waals surface area contributed by atoms with Gasteiger partial charge in [0.2, 0.25) is 0 Å². The molecule has 0 unspecified atom stereocenters. The summed E-state index contributed by atoms with van der Waals surface area (Å²) in [7, 11) is 0. The van der Waals surface area contributed by atoms with Crippen LogP contribution in [-0.2, 0) is 13.1 Å². The van der Waals surface area contributed by atoms with Crippen molar-refractivity contribution in [3.8, 4) is 0 Å². The van der Waals surface area contributed by atoms with E-state index >= 15 is 0 Å². The Bertz CT molecular complexity index is 565. The molecule has 4 heteroatoms. The van der Waals surface area contributed by atoms with Crippen LogP contribution in [0.5, 0.6) is 0 Å². The van der Waals surface area contributed by atoms with Gasteiger partial charge in [0.25, 0.3) is 0 Å². The van der Waals surface area contributed by atoms with Crippen molar-refractivity contribution in [3.63, 3.8) is 0 Å². The molecule has 0 atom stereocenters. The molecule has 0 aromatic heterocycles. The first kappa shape index (κ1) is 16.3. The molecule has 0 aliphatic carbocycles. The Labute approximate surface area is 136 Å². The highest BCUT2D eigenvalue weighted by Crippen LogP contribution is 2.23. The fourth-order valence-corrected chi connectivity index (χ4v) is 2.65. The zero-order valence-electron chi connectivity index (χ0n) is 12.1. The smallest absolute Gasteiger partial charge is 0.0465 e. The average molecular weight is 323 g/mol. The Morgan fingerprint density at radius 2 is 1.43 bits per heavy atom. The van der Waals surface area contributed by atoms with Crippen molar-refractivity contribution in [3.05, 3.63) is 69.2 Å². The molecule has 0 fully saturated rings. The van der Waals surface area contributed by atoms with Gasteiger partial charge in [-0.05, 0) is 30.2 Å². The van der Waals surface area contributed by atoms with Gasteiger partial charge in [0.05, 0.1) is 0 Å². The van der Waals surface area contributed by atoms with E-state index < -0.39 is 0 Å². The minimum absolute atomic E-state index is 0.685. The van der Waals surface area contributed by atoms with Gasteiger partial charge >= 0.3 is 0 Å². The largest absolute Gasteiger partial charge is 0.311 e. The van der Waals surface area contributed by atoms with Crippen LogP contribution >= 0.6 is 23.2 Å². The predicted octanol–water partition coefficient (Wildman–Crippen LogP) is 4.18. The van der Waals surface area contributed by atoms with E-state index in [1.165, 1.54) is 11.1 Å². The molecule has 0 aliphatic heterocycles. The van der Waals surface area contributed by atoms with Crippen molar-refractivity contribution in [1.82, 2.24) is 10.6 Å². The van der Waals surface area contributed by atoms with E-state index in [1.807, 2.05) is 18.2 Å². The quantitative estimate of drug-likeness (QED) is 0.747. The highest BCUT2D eigenvalue weighted by molar-refractivity contribution is 6.35. The van der Waals surface area contributed by atoms with E-state index in [1.54, 1.807) is 0 Å². The van der Waals surface area contributed by atoms with E-state index in [0.717, 1.165) is 25.2 Å². The maximum atomic E-state index is 6.13. The van der Waals surface area contributed by atoms with Gasteiger partial charge in [-0.2, -0.15) is 0 Å². The number of hydrogen-bond acceptors (Lipinski definition) is 2. The summed E-state index contributed by atoms with van der Waals surface area (Å²) in [4.78, 5) is 0. The molecule has 0 aliphatic rings.